The third-order valence-electron chi connectivity index (χ3n) is 2.91. The van der Waals surface area contributed by atoms with Crippen LogP contribution in [0.1, 0.15) is 6.92 Å². The predicted molar refractivity (Wildman–Crippen MR) is 70.4 cm³/mol. The normalized spacial score (nSPS) is 27.1. The number of carbonyl (C=O) groups excluding carboxylic acids is 2. The molecule has 8 heteroatoms. The molecule has 20 heavy (non-hydrogen) atoms. The number of esters is 2. The first kappa shape index (κ1) is 16.4. The summed E-state index contributed by atoms with van der Waals surface area (Å²) < 4.78 is 15.3. The lowest BCUT2D eigenvalue weighted by atomic mass is 9.95. The molecule has 1 aliphatic rings. The smallest absolute Gasteiger partial charge is 0.373 e. The van der Waals surface area contributed by atoms with Crippen molar-refractivity contribution >= 4 is 11.9 Å². The number of nitrogens with one attached hydrogen (secondary N) is 1. The Morgan fingerprint density at radius 2 is 2.15 bits per heavy atom. The van der Waals surface area contributed by atoms with Crippen LogP contribution in [0.3, 0.4) is 0 Å². The van der Waals surface area contributed by atoms with Crippen molar-refractivity contribution in [1.29, 1.82) is 0 Å². The number of carbonyl (C=O) groups is 2. The highest BCUT2D eigenvalue weighted by molar-refractivity contribution is 5.86. The van der Waals surface area contributed by atoms with Gasteiger partial charge in [-0.1, -0.05) is 0 Å². The standard InChI is InChI=1S/C12H21N3O5/c1-6(16)19-9(5-15-2)11-10(14)7(13)4-8(20-11)12(17)18-3/h4,7,9-11,15H,5,13-14H2,1-3H3/t7-,9+,10+,11-/m0/s1. The number of hydrogen-bond acceptors (Lipinski definition) is 8. The minimum absolute atomic E-state index is 0.0278. The molecule has 0 aromatic rings. The van der Waals surface area contributed by atoms with Gasteiger partial charge in [0.05, 0.1) is 13.2 Å². The number of hydrogen-bond donors (Lipinski definition) is 3. The Kier molecular flexibility index (Phi) is 5.93. The van der Waals surface area contributed by atoms with E-state index in [0.29, 0.717) is 6.54 Å². The highest BCUT2D eigenvalue weighted by atomic mass is 16.6. The maximum Gasteiger partial charge on any atom is 0.373 e. The van der Waals surface area contributed by atoms with Crippen LogP contribution >= 0.6 is 0 Å². The summed E-state index contributed by atoms with van der Waals surface area (Å²) in [5.41, 5.74) is 11.8. The summed E-state index contributed by atoms with van der Waals surface area (Å²) in [6, 6.07) is -1.21. The van der Waals surface area contributed by atoms with E-state index in [9.17, 15) is 9.59 Å². The monoisotopic (exact) mass is 287 g/mol. The first-order valence-electron chi connectivity index (χ1n) is 6.20. The second kappa shape index (κ2) is 7.22. The summed E-state index contributed by atoms with van der Waals surface area (Å²) in [4.78, 5) is 22.7. The van der Waals surface area contributed by atoms with Gasteiger partial charge in [0, 0.05) is 19.5 Å². The lowest BCUT2D eigenvalue weighted by molar-refractivity contribution is -0.157. The van der Waals surface area contributed by atoms with E-state index >= 15 is 0 Å². The molecular weight excluding hydrogens is 266 g/mol. The Balaban J connectivity index is 2.93. The molecule has 0 fully saturated rings. The van der Waals surface area contributed by atoms with Crippen LogP contribution in [-0.2, 0) is 23.8 Å². The van der Waals surface area contributed by atoms with Gasteiger partial charge in [-0.3, -0.25) is 4.79 Å². The van der Waals surface area contributed by atoms with Gasteiger partial charge >= 0.3 is 11.9 Å². The second-order valence-corrected chi connectivity index (χ2v) is 4.47. The zero-order valence-corrected chi connectivity index (χ0v) is 11.8. The first-order chi connectivity index (χ1) is 9.40. The average molecular weight is 287 g/mol. The summed E-state index contributed by atoms with van der Waals surface area (Å²) in [6.45, 7) is 1.60. The van der Waals surface area contributed by atoms with Crippen LogP contribution in [0, 0.1) is 0 Å². The maximum atomic E-state index is 11.5. The molecule has 0 saturated carbocycles. The first-order valence-corrected chi connectivity index (χ1v) is 6.20. The molecule has 0 spiro atoms. The zero-order chi connectivity index (χ0) is 15.3. The van der Waals surface area contributed by atoms with E-state index in [-0.39, 0.29) is 5.76 Å². The number of methoxy groups -OCH3 is 1. The average Bonchev–Trinajstić information content (AvgIpc) is 2.39. The summed E-state index contributed by atoms with van der Waals surface area (Å²) in [5.74, 6) is -1.15. The lowest BCUT2D eigenvalue weighted by Gasteiger charge is -2.36. The van der Waals surface area contributed by atoms with Gasteiger partial charge in [0.25, 0.3) is 0 Å². The molecule has 8 nitrogen and oxygen atoms in total. The molecule has 114 valence electrons. The topological polar surface area (TPSA) is 126 Å². The molecule has 0 saturated heterocycles. The summed E-state index contributed by atoms with van der Waals surface area (Å²) in [6.07, 6.45) is 0.00403. The lowest BCUT2D eigenvalue weighted by Crippen LogP contribution is -2.59. The summed E-state index contributed by atoms with van der Waals surface area (Å²) >= 11 is 0. The molecule has 0 amide bonds. The molecule has 4 atom stereocenters. The second-order valence-electron chi connectivity index (χ2n) is 4.47. The summed E-state index contributed by atoms with van der Waals surface area (Å²) in [7, 11) is 2.93. The van der Waals surface area contributed by atoms with Gasteiger partial charge in [-0.25, -0.2) is 4.79 Å². The summed E-state index contributed by atoms with van der Waals surface area (Å²) in [5, 5.41) is 2.87. The molecule has 1 aliphatic heterocycles. The van der Waals surface area contributed by atoms with Crippen LogP contribution in [0.25, 0.3) is 0 Å². The van der Waals surface area contributed by atoms with E-state index < -0.39 is 36.2 Å². The van der Waals surface area contributed by atoms with Crippen LogP contribution < -0.4 is 16.8 Å². The van der Waals surface area contributed by atoms with Gasteiger partial charge in [-0.05, 0) is 13.1 Å². The fraction of sp³-hybridized carbons (Fsp3) is 0.667. The van der Waals surface area contributed by atoms with Crippen molar-refractivity contribution in [3.63, 3.8) is 0 Å². The van der Waals surface area contributed by atoms with E-state index in [1.807, 2.05) is 0 Å². The van der Waals surface area contributed by atoms with Gasteiger partial charge in [-0.15, -0.1) is 0 Å². The van der Waals surface area contributed by atoms with E-state index in [0.717, 1.165) is 0 Å². The van der Waals surface area contributed by atoms with Gasteiger partial charge in [0.15, 0.2) is 12.2 Å². The zero-order valence-electron chi connectivity index (χ0n) is 11.8. The molecule has 0 aromatic carbocycles. The SMILES string of the molecule is CNC[C@@H](OC(C)=O)[C@@H]1OC(C(=O)OC)=C[C@H](N)[C@H]1N. The molecule has 0 aromatic heterocycles. The molecule has 0 bridgehead atoms. The van der Waals surface area contributed by atoms with Gasteiger partial charge in [-0.2, -0.15) is 0 Å². The fourth-order valence-electron chi connectivity index (χ4n) is 1.95. The van der Waals surface area contributed by atoms with Crippen LogP contribution in [0.2, 0.25) is 0 Å². The Morgan fingerprint density at radius 3 is 2.65 bits per heavy atom. The van der Waals surface area contributed by atoms with Crippen molar-refractivity contribution < 1.29 is 23.8 Å². The minimum Gasteiger partial charge on any atom is -0.478 e. The van der Waals surface area contributed by atoms with E-state index in [1.54, 1.807) is 7.05 Å². The number of nitrogens with two attached hydrogens (primary N) is 2. The van der Waals surface area contributed by atoms with Crippen LogP contribution in [-0.4, -0.2) is 56.9 Å². The van der Waals surface area contributed by atoms with Crippen molar-refractivity contribution in [1.82, 2.24) is 5.32 Å². The Bertz CT molecular complexity index is 399. The van der Waals surface area contributed by atoms with Gasteiger partial charge in [0.1, 0.15) is 0 Å². The van der Waals surface area contributed by atoms with Crippen molar-refractivity contribution in [3.8, 4) is 0 Å². The third kappa shape index (κ3) is 3.92. The highest BCUT2D eigenvalue weighted by Gasteiger charge is 2.39. The largest absolute Gasteiger partial charge is 0.478 e. The molecule has 1 heterocycles. The minimum atomic E-state index is -0.736. The van der Waals surface area contributed by atoms with E-state index in [1.165, 1.54) is 20.1 Å². The van der Waals surface area contributed by atoms with Crippen molar-refractivity contribution in [2.75, 3.05) is 20.7 Å². The van der Waals surface area contributed by atoms with Crippen LogP contribution in [0.5, 0.6) is 0 Å². The molecule has 0 unspecified atom stereocenters. The number of likely N-dealkylation sites (N-methyl/N-ethyl adjacent to an activating group) is 1. The van der Waals surface area contributed by atoms with Crippen LogP contribution in [0.4, 0.5) is 0 Å². The van der Waals surface area contributed by atoms with E-state index in [2.05, 4.69) is 10.1 Å². The Morgan fingerprint density at radius 1 is 1.50 bits per heavy atom. The van der Waals surface area contributed by atoms with E-state index in [4.69, 9.17) is 20.9 Å². The number of rotatable bonds is 5. The maximum absolute atomic E-state index is 11.5. The van der Waals surface area contributed by atoms with Crippen molar-refractivity contribution in [2.45, 2.75) is 31.2 Å². The third-order valence-corrected chi connectivity index (χ3v) is 2.91. The Hall–Kier alpha value is -1.64. The molecule has 0 aliphatic carbocycles. The van der Waals surface area contributed by atoms with Crippen molar-refractivity contribution in [3.05, 3.63) is 11.8 Å². The van der Waals surface area contributed by atoms with Gasteiger partial charge in [0.2, 0.25) is 5.76 Å². The van der Waals surface area contributed by atoms with Gasteiger partial charge < -0.3 is 31.0 Å². The Labute approximate surface area is 117 Å². The molecule has 5 N–H and O–H groups in total. The fourth-order valence-corrected chi connectivity index (χ4v) is 1.95. The molecule has 0 radical (unpaired) electrons. The molecular formula is C12H21N3O5. The van der Waals surface area contributed by atoms with Crippen molar-refractivity contribution in [2.24, 2.45) is 11.5 Å². The highest BCUT2D eigenvalue weighted by Crippen LogP contribution is 2.21. The predicted octanol–water partition coefficient (Wildman–Crippen LogP) is -1.75. The molecule has 1 rings (SSSR count). The number of ether oxygens (including phenoxy) is 3. The van der Waals surface area contributed by atoms with Crippen LogP contribution in [0.15, 0.2) is 11.8 Å². The quantitative estimate of drug-likeness (QED) is 0.508.